The monoisotopic (exact) mass is 227 g/mol. The zero-order chi connectivity index (χ0) is 11.9. The van der Waals surface area contributed by atoms with Gasteiger partial charge in [-0.3, -0.25) is 4.98 Å². The van der Waals surface area contributed by atoms with Crippen LogP contribution < -0.4 is 0 Å². The fraction of sp³-hybridized carbons (Fsp3) is 0.545. The van der Waals surface area contributed by atoms with Crippen LogP contribution in [0.1, 0.15) is 32.0 Å². The summed E-state index contributed by atoms with van der Waals surface area (Å²) in [6, 6.07) is 1.73. The van der Waals surface area contributed by atoms with Crippen LogP contribution in [0.2, 0.25) is 0 Å². The van der Waals surface area contributed by atoms with Crippen LogP contribution in [-0.4, -0.2) is 19.7 Å². The van der Waals surface area contributed by atoms with Gasteiger partial charge in [-0.05, 0) is 18.6 Å². The van der Waals surface area contributed by atoms with Gasteiger partial charge in [0.25, 0.3) is 0 Å². The van der Waals surface area contributed by atoms with E-state index >= 15 is 0 Å². The third-order valence-corrected chi connectivity index (χ3v) is 3.44. The van der Waals surface area contributed by atoms with Gasteiger partial charge in [-0.2, -0.15) is 0 Å². The molecular weight excluding hydrogens is 210 g/mol. The standard InChI is InChI=1S/C11H17NO2S/c1-8-6-7-12-10(11(2,3)4)9(8)15(5,13)14/h6-7H,1-5H3. The van der Waals surface area contributed by atoms with E-state index in [1.807, 2.05) is 20.8 Å². The molecule has 0 fully saturated rings. The summed E-state index contributed by atoms with van der Waals surface area (Å²) in [6.45, 7) is 7.68. The summed E-state index contributed by atoms with van der Waals surface area (Å²) in [5, 5.41) is 0. The van der Waals surface area contributed by atoms with Crippen molar-refractivity contribution in [3.8, 4) is 0 Å². The lowest BCUT2D eigenvalue weighted by atomic mass is 9.91. The van der Waals surface area contributed by atoms with Gasteiger partial charge >= 0.3 is 0 Å². The second-order valence-corrected chi connectivity index (χ2v) is 6.78. The van der Waals surface area contributed by atoms with Crippen molar-refractivity contribution in [2.75, 3.05) is 6.26 Å². The van der Waals surface area contributed by atoms with Crippen molar-refractivity contribution in [1.29, 1.82) is 0 Å². The Morgan fingerprint density at radius 3 is 2.13 bits per heavy atom. The lowest BCUT2D eigenvalue weighted by molar-refractivity contribution is 0.542. The maximum Gasteiger partial charge on any atom is 0.177 e. The van der Waals surface area contributed by atoms with Gasteiger partial charge in [0.05, 0.1) is 10.6 Å². The quantitative estimate of drug-likeness (QED) is 0.738. The third-order valence-electron chi connectivity index (χ3n) is 2.18. The Balaban J connectivity index is 3.63. The predicted molar refractivity (Wildman–Crippen MR) is 60.8 cm³/mol. The van der Waals surface area contributed by atoms with E-state index in [1.54, 1.807) is 19.2 Å². The van der Waals surface area contributed by atoms with Gasteiger partial charge in [-0.15, -0.1) is 0 Å². The van der Waals surface area contributed by atoms with E-state index in [0.29, 0.717) is 10.6 Å². The van der Waals surface area contributed by atoms with E-state index in [9.17, 15) is 8.42 Å². The summed E-state index contributed by atoms with van der Waals surface area (Å²) in [7, 11) is -3.21. The van der Waals surface area contributed by atoms with Crippen LogP contribution in [0.4, 0.5) is 0 Å². The van der Waals surface area contributed by atoms with Crippen molar-refractivity contribution in [2.24, 2.45) is 0 Å². The lowest BCUT2D eigenvalue weighted by Gasteiger charge is -2.21. The second-order valence-electron chi connectivity index (χ2n) is 4.83. The molecule has 0 N–H and O–H groups in total. The van der Waals surface area contributed by atoms with E-state index < -0.39 is 9.84 Å². The zero-order valence-corrected chi connectivity index (χ0v) is 10.6. The minimum atomic E-state index is -3.21. The molecule has 15 heavy (non-hydrogen) atoms. The summed E-state index contributed by atoms with van der Waals surface area (Å²) in [4.78, 5) is 4.57. The maximum atomic E-state index is 11.7. The Bertz CT molecular complexity index is 470. The highest BCUT2D eigenvalue weighted by molar-refractivity contribution is 7.90. The Kier molecular flexibility index (Phi) is 2.92. The van der Waals surface area contributed by atoms with Crippen LogP contribution in [-0.2, 0) is 15.3 Å². The topological polar surface area (TPSA) is 47.0 Å². The minimum Gasteiger partial charge on any atom is -0.259 e. The summed E-state index contributed by atoms with van der Waals surface area (Å²) >= 11 is 0. The molecule has 0 unspecified atom stereocenters. The molecule has 1 heterocycles. The first kappa shape index (κ1) is 12.2. The number of rotatable bonds is 1. The molecule has 0 saturated heterocycles. The first-order valence-electron chi connectivity index (χ1n) is 4.80. The van der Waals surface area contributed by atoms with E-state index in [1.165, 1.54) is 6.26 Å². The van der Waals surface area contributed by atoms with Crippen molar-refractivity contribution in [1.82, 2.24) is 4.98 Å². The van der Waals surface area contributed by atoms with Gasteiger partial charge in [-0.25, -0.2) is 8.42 Å². The van der Waals surface area contributed by atoms with Crippen molar-refractivity contribution in [3.05, 3.63) is 23.5 Å². The van der Waals surface area contributed by atoms with E-state index in [0.717, 1.165) is 5.56 Å². The molecule has 4 heteroatoms. The van der Waals surface area contributed by atoms with E-state index in [2.05, 4.69) is 4.98 Å². The third kappa shape index (κ3) is 2.56. The smallest absolute Gasteiger partial charge is 0.177 e. The lowest BCUT2D eigenvalue weighted by Crippen LogP contribution is -2.19. The molecule has 0 aliphatic carbocycles. The van der Waals surface area contributed by atoms with Crippen LogP contribution in [0.5, 0.6) is 0 Å². The van der Waals surface area contributed by atoms with Crippen LogP contribution in [0, 0.1) is 6.92 Å². The fourth-order valence-corrected chi connectivity index (χ4v) is 2.91. The number of sulfone groups is 1. The predicted octanol–water partition coefficient (Wildman–Crippen LogP) is 2.09. The molecule has 0 spiro atoms. The first-order chi connectivity index (χ1) is 6.64. The summed E-state index contributed by atoms with van der Waals surface area (Å²) < 4.78 is 23.4. The molecule has 0 atom stereocenters. The number of hydrogen-bond acceptors (Lipinski definition) is 3. The Labute approximate surface area is 91.5 Å². The summed E-state index contributed by atoms with van der Waals surface area (Å²) in [6.07, 6.45) is 2.89. The fourth-order valence-electron chi connectivity index (χ4n) is 1.55. The van der Waals surface area contributed by atoms with Crippen LogP contribution in [0.3, 0.4) is 0 Å². The van der Waals surface area contributed by atoms with Crippen LogP contribution in [0.25, 0.3) is 0 Å². The van der Waals surface area contributed by atoms with Gasteiger partial charge < -0.3 is 0 Å². The molecule has 1 aromatic rings. The van der Waals surface area contributed by atoms with Gasteiger partial charge in [0.2, 0.25) is 0 Å². The van der Waals surface area contributed by atoms with E-state index in [4.69, 9.17) is 0 Å². The molecule has 1 rings (SSSR count). The molecule has 0 saturated carbocycles. The van der Waals surface area contributed by atoms with Crippen LogP contribution in [0.15, 0.2) is 17.2 Å². The normalized spacial score (nSPS) is 12.9. The largest absolute Gasteiger partial charge is 0.259 e. The molecule has 1 aromatic heterocycles. The summed E-state index contributed by atoms with van der Waals surface area (Å²) in [5.41, 5.74) is 1.15. The molecule has 0 amide bonds. The Morgan fingerprint density at radius 1 is 1.27 bits per heavy atom. The SMILES string of the molecule is Cc1ccnc(C(C)(C)C)c1S(C)(=O)=O. The number of aryl methyl sites for hydroxylation is 1. The number of aromatic nitrogens is 1. The molecule has 0 aliphatic rings. The molecule has 0 aliphatic heterocycles. The maximum absolute atomic E-state index is 11.7. The highest BCUT2D eigenvalue weighted by atomic mass is 32.2. The highest BCUT2D eigenvalue weighted by Crippen LogP contribution is 2.28. The molecule has 0 aromatic carbocycles. The molecule has 0 bridgehead atoms. The van der Waals surface area contributed by atoms with Crippen molar-refractivity contribution >= 4 is 9.84 Å². The molecular formula is C11H17NO2S. The molecule has 3 nitrogen and oxygen atoms in total. The Morgan fingerprint density at radius 2 is 1.80 bits per heavy atom. The Hall–Kier alpha value is -0.900. The second kappa shape index (κ2) is 3.59. The van der Waals surface area contributed by atoms with Gasteiger partial charge in [-0.1, -0.05) is 20.8 Å². The number of nitrogens with zero attached hydrogens (tertiary/aromatic N) is 1. The van der Waals surface area contributed by atoms with Gasteiger partial charge in [0.15, 0.2) is 9.84 Å². The first-order valence-corrected chi connectivity index (χ1v) is 6.69. The van der Waals surface area contributed by atoms with E-state index in [-0.39, 0.29) is 5.41 Å². The zero-order valence-electron chi connectivity index (χ0n) is 9.83. The van der Waals surface area contributed by atoms with Crippen LogP contribution >= 0.6 is 0 Å². The van der Waals surface area contributed by atoms with Crippen molar-refractivity contribution in [2.45, 2.75) is 38.0 Å². The molecule has 0 radical (unpaired) electrons. The average molecular weight is 227 g/mol. The average Bonchev–Trinajstić information content (AvgIpc) is 1.99. The number of hydrogen-bond donors (Lipinski definition) is 0. The van der Waals surface area contributed by atoms with Gasteiger partial charge in [0, 0.05) is 17.9 Å². The summed E-state index contributed by atoms with van der Waals surface area (Å²) in [5.74, 6) is 0. The van der Waals surface area contributed by atoms with Gasteiger partial charge in [0.1, 0.15) is 0 Å². The van der Waals surface area contributed by atoms with Crippen molar-refractivity contribution < 1.29 is 8.42 Å². The van der Waals surface area contributed by atoms with Crippen molar-refractivity contribution in [3.63, 3.8) is 0 Å². The molecule has 84 valence electrons. The number of pyridine rings is 1. The highest BCUT2D eigenvalue weighted by Gasteiger charge is 2.25. The minimum absolute atomic E-state index is 0.259.